The molecule has 0 saturated heterocycles. The fourth-order valence-electron chi connectivity index (χ4n) is 2.95. The molecule has 0 spiro atoms. The SMILES string of the molecule is COc1ccc(OC)c(C(C)NC(=O)Nc2cccc(Cn3cccn3)c2)c1. The second kappa shape index (κ2) is 8.94. The van der Waals surface area contributed by atoms with Gasteiger partial charge in [0, 0.05) is 23.6 Å². The number of aromatic nitrogens is 2. The van der Waals surface area contributed by atoms with E-state index < -0.39 is 0 Å². The number of ether oxygens (including phenoxy) is 2. The van der Waals surface area contributed by atoms with Crippen molar-refractivity contribution in [1.29, 1.82) is 0 Å². The molecule has 7 nitrogen and oxygen atoms in total. The van der Waals surface area contributed by atoms with Gasteiger partial charge in [0.15, 0.2) is 0 Å². The number of methoxy groups -OCH3 is 2. The first kappa shape index (κ1) is 19.3. The van der Waals surface area contributed by atoms with Crippen LogP contribution in [0.25, 0.3) is 0 Å². The second-order valence-corrected chi connectivity index (χ2v) is 6.33. The van der Waals surface area contributed by atoms with E-state index in [0.717, 1.165) is 11.1 Å². The molecule has 0 aliphatic carbocycles. The fraction of sp³-hybridized carbons (Fsp3) is 0.238. The Kier molecular flexibility index (Phi) is 6.16. The maximum absolute atomic E-state index is 12.5. The summed E-state index contributed by atoms with van der Waals surface area (Å²) in [5, 5.41) is 10.0. The number of nitrogens with one attached hydrogen (secondary N) is 2. The number of anilines is 1. The lowest BCUT2D eigenvalue weighted by molar-refractivity contribution is 0.249. The minimum atomic E-state index is -0.298. The zero-order valence-corrected chi connectivity index (χ0v) is 16.2. The van der Waals surface area contributed by atoms with Crippen LogP contribution in [0.2, 0.25) is 0 Å². The van der Waals surface area contributed by atoms with Gasteiger partial charge in [-0.05, 0) is 48.9 Å². The fourth-order valence-corrected chi connectivity index (χ4v) is 2.95. The number of rotatable bonds is 7. The van der Waals surface area contributed by atoms with Gasteiger partial charge in [0.2, 0.25) is 0 Å². The van der Waals surface area contributed by atoms with Crippen molar-refractivity contribution in [2.24, 2.45) is 0 Å². The number of hydrogen-bond donors (Lipinski definition) is 2. The monoisotopic (exact) mass is 380 g/mol. The van der Waals surface area contributed by atoms with Gasteiger partial charge in [-0.2, -0.15) is 5.10 Å². The molecule has 1 unspecified atom stereocenters. The normalized spacial score (nSPS) is 11.5. The topological polar surface area (TPSA) is 77.4 Å². The highest BCUT2D eigenvalue weighted by molar-refractivity contribution is 5.89. The molecule has 2 N–H and O–H groups in total. The lowest BCUT2D eigenvalue weighted by atomic mass is 10.1. The maximum atomic E-state index is 12.5. The van der Waals surface area contributed by atoms with Crippen LogP contribution in [0.15, 0.2) is 60.9 Å². The number of urea groups is 1. The molecule has 3 rings (SSSR count). The van der Waals surface area contributed by atoms with Crippen LogP contribution >= 0.6 is 0 Å². The van der Waals surface area contributed by atoms with Crippen LogP contribution in [0, 0.1) is 0 Å². The molecular formula is C21H24N4O3. The van der Waals surface area contributed by atoms with Gasteiger partial charge < -0.3 is 20.1 Å². The molecule has 1 heterocycles. The smallest absolute Gasteiger partial charge is 0.319 e. The van der Waals surface area contributed by atoms with Gasteiger partial charge in [0.1, 0.15) is 11.5 Å². The molecule has 3 aromatic rings. The van der Waals surface area contributed by atoms with E-state index in [4.69, 9.17) is 9.47 Å². The van der Waals surface area contributed by atoms with Gasteiger partial charge in [0.25, 0.3) is 0 Å². The summed E-state index contributed by atoms with van der Waals surface area (Å²) in [7, 11) is 3.20. The minimum absolute atomic E-state index is 0.266. The summed E-state index contributed by atoms with van der Waals surface area (Å²) in [6.45, 7) is 2.53. The third-order valence-corrected chi connectivity index (χ3v) is 4.34. The molecule has 146 valence electrons. The zero-order chi connectivity index (χ0) is 19.9. The largest absolute Gasteiger partial charge is 0.497 e. The lowest BCUT2D eigenvalue weighted by Crippen LogP contribution is -2.31. The Morgan fingerprint density at radius 3 is 2.71 bits per heavy atom. The van der Waals surface area contributed by atoms with Gasteiger partial charge in [0.05, 0.1) is 26.8 Å². The van der Waals surface area contributed by atoms with Crippen molar-refractivity contribution in [2.45, 2.75) is 19.5 Å². The average molecular weight is 380 g/mol. The highest BCUT2D eigenvalue weighted by Gasteiger charge is 2.15. The Morgan fingerprint density at radius 1 is 1.14 bits per heavy atom. The van der Waals surface area contributed by atoms with E-state index in [9.17, 15) is 4.79 Å². The number of carbonyl (C=O) groups excluding carboxylic acids is 1. The van der Waals surface area contributed by atoms with E-state index in [1.807, 2.05) is 66.3 Å². The van der Waals surface area contributed by atoms with Gasteiger partial charge in [-0.25, -0.2) is 4.79 Å². The number of hydrogen-bond acceptors (Lipinski definition) is 4. The molecule has 1 atom stereocenters. The lowest BCUT2D eigenvalue weighted by Gasteiger charge is -2.18. The van der Waals surface area contributed by atoms with Crippen LogP contribution in [0.4, 0.5) is 10.5 Å². The van der Waals surface area contributed by atoms with Crippen LogP contribution in [0.1, 0.15) is 24.1 Å². The van der Waals surface area contributed by atoms with E-state index >= 15 is 0 Å². The minimum Gasteiger partial charge on any atom is -0.497 e. The zero-order valence-electron chi connectivity index (χ0n) is 16.2. The predicted octanol–water partition coefficient (Wildman–Crippen LogP) is 3.83. The Balaban J connectivity index is 1.65. The van der Waals surface area contributed by atoms with Crippen molar-refractivity contribution >= 4 is 11.7 Å². The summed E-state index contributed by atoms with van der Waals surface area (Å²) in [4.78, 5) is 12.5. The number of benzene rings is 2. The Hall–Kier alpha value is -3.48. The quantitative estimate of drug-likeness (QED) is 0.653. The van der Waals surface area contributed by atoms with Gasteiger partial charge in [-0.1, -0.05) is 12.1 Å². The van der Waals surface area contributed by atoms with Crippen molar-refractivity contribution in [3.63, 3.8) is 0 Å². The molecule has 0 fully saturated rings. The molecule has 1 aromatic heterocycles. The molecule has 28 heavy (non-hydrogen) atoms. The van der Waals surface area contributed by atoms with Crippen LogP contribution < -0.4 is 20.1 Å². The van der Waals surface area contributed by atoms with Crippen molar-refractivity contribution in [3.05, 3.63) is 72.1 Å². The summed E-state index contributed by atoms with van der Waals surface area (Å²) >= 11 is 0. The third-order valence-electron chi connectivity index (χ3n) is 4.34. The Morgan fingerprint density at radius 2 is 2.00 bits per heavy atom. The molecule has 0 radical (unpaired) electrons. The van der Waals surface area contributed by atoms with Crippen molar-refractivity contribution < 1.29 is 14.3 Å². The summed E-state index contributed by atoms with van der Waals surface area (Å²) in [5.41, 5.74) is 2.60. The highest BCUT2D eigenvalue weighted by atomic mass is 16.5. The standard InChI is InChI=1S/C21H24N4O3/c1-15(19-13-18(27-2)8-9-20(19)28-3)23-21(26)24-17-7-4-6-16(12-17)14-25-11-5-10-22-25/h4-13,15H,14H2,1-3H3,(H2,23,24,26). The number of nitrogens with zero attached hydrogens (tertiary/aromatic N) is 2. The summed E-state index contributed by atoms with van der Waals surface area (Å²) in [6.07, 6.45) is 3.64. The van der Waals surface area contributed by atoms with E-state index in [1.54, 1.807) is 20.4 Å². The third kappa shape index (κ3) is 4.82. The number of amides is 2. The summed E-state index contributed by atoms with van der Waals surface area (Å²) in [5.74, 6) is 1.39. The van der Waals surface area contributed by atoms with Crippen molar-refractivity contribution in [2.75, 3.05) is 19.5 Å². The molecule has 0 aliphatic heterocycles. The van der Waals surface area contributed by atoms with Crippen LogP contribution in [-0.4, -0.2) is 30.0 Å². The molecule has 2 aromatic carbocycles. The second-order valence-electron chi connectivity index (χ2n) is 6.33. The van der Waals surface area contributed by atoms with Crippen molar-refractivity contribution in [1.82, 2.24) is 15.1 Å². The van der Waals surface area contributed by atoms with Gasteiger partial charge in [-0.3, -0.25) is 4.68 Å². The van der Waals surface area contributed by atoms with E-state index in [2.05, 4.69) is 15.7 Å². The van der Waals surface area contributed by atoms with E-state index in [-0.39, 0.29) is 12.1 Å². The number of carbonyl (C=O) groups is 1. The molecule has 2 amide bonds. The molecule has 0 bridgehead atoms. The maximum Gasteiger partial charge on any atom is 0.319 e. The van der Waals surface area contributed by atoms with E-state index in [1.165, 1.54) is 0 Å². The van der Waals surface area contributed by atoms with Crippen molar-refractivity contribution in [3.8, 4) is 11.5 Å². The van der Waals surface area contributed by atoms with Crippen LogP contribution in [0.5, 0.6) is 11.5 Å². The summed E-state index contributed by atoms with van der Waals surface area (Å²) < 4.78 is 12.5. The van der Waals surface area contributed by atoms with E-state index in [0.29, 0.717) is 23.7 Å². The average Bonchev–Trinajstić information content (AvgIpc) is 3.20. The Bertz CT molecular complexity index is 925. The molecule has 7 heteroatoms. The first-order valence-electron chi connectivity index (χ1n) is 8.95. The first-order chi connectivity index (χ1) is 13.6. The Labute approximate surface area is 164 Å². The highest BCUT2D eigenvalue weighted by Crippen LogP contribution is 2.29. The van der Waals surface area contributed by atoms with Gasteiger partial charge >= 0.3 is 6.03 Å². The molecule has 0 aliphatic rings. The van der Waals surface area contributed by atoms with Gasteiger partial charge in [-0.15, -0.1) is 0 Å². The van der Waals surface area contributed by atoms with Crippen LogP contribution in [0.3, 0.4) is 0 Å². The predicted molar refractivity (Wildman–Crippen MR) is 108 cm³/mol. The molecular weight excluding hydrogens is 356 g/mol. The first-order valence-corrected chi connectivity index (χ1v) is 8.95. The van der Waals surface area contributed by atoms with Crippen LogP contribution in [-0.2, 0) is 6.54 Å². The molecule has 0 saturated carbocycles. The summed E-state index contributed by atoms with van der Waals surface area (Å²) in [6, 6.07) is 14.5.